The molecule has 0 saturated carbocycles. The van der Waals surface area contributed by atoms with Gasteiger partial charge in [-0.3, -0.25) is 14.6 Å². The van der Waals surface area contributed by atoms with Crippen molar-refractivity contribution in [3.63, 3.8) is 0 Å². The molecule has 3 aromatic rings. The lowest BCUT2D eigenvalue weighted by molar-refractivity contribution is -0.141. The van der Waals surface area contributed by atoms with Crippen LogP contribution in [-0.4, -0.2) is 38.6 Å². The summed E-state index contributed by atoms with van der Waals surface area (Å²) in [7, 11) is 1.27. The lowest BCUT2D eigenvalue weighted by atomic mass is 10.1. The number of aromatic nitrogens is 3. The molecule has 174 valence electrons. The molecule has 2 aromatic heterocycles. The summed E-state index contributed by atoms with van der Waals surface area (Å²) < 4.78 is 40.7. The molecule has 0 bridgehead atoms. The van der Waals surface area contributed by atoms with Crippen molar-refractivity contribution in [2.75, 3.05) is 12.4 Å². The lowest BCUT2D eigenvalue weighted by Crippen LogP contribution is -2.34. The van der Waals surface area contributed by atoms with Gasteiger partial charge in [0.05, 0.1) is 16.3 Å². The van der Waals surface area contributed by atoms with Crippen LogP contribution in [0.1, 0.15) is 32.1 Å². The van der Waals surface area contributed by atoms with Crippen LogP contribution in [-0.2, 0) is 12.7 Å². The number of alkyl halides is 3. The number of halogens is 5. The van der Waals surface area contributed by atoms with Gasteiger partial charge < -0.3 is 11.1 Å². The smallest absolute Gasteiger partial charge is 0.326 e. The van der Waals surface area contributed by atoms with Gasteiger partial charge in [-0.15, -0.1) is 0 Å². The van der Waals surface area contributed by atoms with Gasteiger partial charge in [0.15, 0.2) is 11.5 Å². The van der Waals surface area contributed by atoms with E-state index in [1.54, 1.807) is 0 Å². The van der Waals surface area contributed by atoms with Gasteiger partial charge in [0.1, 0.15) is 5.69 Å². The largest absolute Gasteiger partial charge is 0.435 e. The summed E-state index contributed by atoms with van der Waals surface area (Å²) in [6, 6.07) is 6.02. The number of amides is 2. The minimum Gasteiger partial charge on any atom is -0.326 e. The third-order valence-corrected chi connectivity index (χ3v) is 4.88. The lowest BCUT2D eigenvalue weighted by Gasteiger charge is -2.18. The Bertz CT molecular complexity index is 1230. The van der Waals surface area contributed by atoms with Crippen LogP contribution in [0.4, 0.5) is 18.9 Å². The van der Waals surface area contributed by atoms with Gasteiger partial charge >= 0.3 is 6.18 Å². The second-order valence-electron chi connectivity index (χ2n) is 6.69. The van der Waals surface area contributed by atoms with Crippen molar-refractivity contribution in [1.82, 2.24) is 19.8 Å². The van der Waals surface area contributed by atoms with E-state index in [0.29, 0.717) is 10.7 Å². The second-order valence-corrected chi connectivity index (χ2v) is 7.54. The van der Waals surface area contributed by atoms with E-state index < -0.39 is 29.4 Å². The molecule has 0 saturated heterocycles. The Morgan fingerprint density at radius 1 is 1.24 bits per heavy atom. The van der Waals surface area contributed by atoms with E-state index in [2.05, 4.69) is 15.4 Å². The topological polar surface area (TPSA) is 132 Å². The first-order valence-corrected chi connectivity index (χ1v) is 9.84. The van der Waals surface area contributed by atoms with Crippen LogP contribution in [0.2, 0.25) is 10.0 Å². The fraction of sp³-hybridized carbons (Fsp3) is 0.158. The Balaban J connectivity index is 2.15. The summed E-state index contributed by atoms with van der Waals surface area (Å²) in [6.45, 7) is -0.149. The molecule has 3 rings (SSSR count). The van der Waals surface area contributed by atoms with Crippen molar-refractivity contribution in [1.29, 1.82) is 0 Å². The first kappa shape index (κ1) is 24.5. The van der Waals surface area contributed by atoms with Crippen LogP contribution >= 0.6 is 23.2 Å². The average molecular weight is 502 g/mol. The van der Waals surface area contributed by atoms with Gasteiger partial charge in [0.2, 0.25) is 0 Å². The molecule has 0 radical (unpaired) electrons. The van der Waals surface area contributed by atoms with E-state index >= 15 is 0 Å². The molecule has 33 heavy (non-hydrogen) atoms. The van der Waals surface area contributed by atoms with Crippen molar-refractivity contribution in [2.24, 2.45) is 11.6 Å². The molecule has 2 amide bonds. The number of benzene rings is 1. The summed E-state index contributed by atoms with van der Waals surface area (Å²) in [5.74, 6) is 3.56. The maximum absolute atomic E-state index is 13.4. The van der Waals surface area contributed by atoms with Crippen LogP contribution in [0.25, 0.3) is 5.82 Å². The van der Waals surface area contributed by atoms with Crippen LogP contribution in [0.3, 0.4) is 0 Å². The van der Waals surface area contributed by atoms with E-state index in [4.69, 9.17) is 34.8 Å². The minimum absolute atomic E-state index is 0.0434. The third-order valence-electron chi connectivity index (χ3n) is 4.37. The molecule has 14 heteroatoms. The van der Waals surface area contributed by atoms with Gasteiger partial charge in [0, 0.05) is 30.9 Å². The molecule has 5 N–H and O–H groups in total. The Morgan fingerprint density at radius 2 is 1.94 bits per heavy atom. The molecule has 0 aliphatic carbocycles. The summed E-state index contributed by atoms with van der Waals surface area (Å²) in [5.41, 5.74) is 3.91. The van der Waals surface area contributed by atoms with Crippen LogP contribution in [0, 0.1) is 0 Å². The predicted octanol–water partition coefficient (Wildman–Crippen LogP) is 3.25. The monoisotopic (exact) mass is 501 g/mol. The SMILES string of the molecule is CN(N)C(=O)c1cc(Cl)cc(CN)c1NC(=O)c1cc(C(F)(F)F)nn1-c1ncccc1Cl. The minimum atomic E-state index is -4.85. The molecular weight excluding hydrogens is 486 g/mol. The zero-order valence-corrected chi connectivity index (χ0v) is 18.3. The number of nitrogens with one attached hydrogen (secondary N) is 1. The average Bonchev–Trinajstić information content (AvgIpc) is 3.20. The Labute approximate surface area is 195 Å². The van der Waals surface area contributed by atoms with Gasteiger partial charge in [-0.2, -0.15) is 18.3 Å². The Morgan fingerprint density at radius 3 is 2.52 bits per heavy atom. The van der Waals surface area contributed by atoms with E-state index in [0.717, 1.165) is 5.01 Å². The highest BCUT2D eigenvalue weighted by Crippen LogP contribution is 2.32. The number of nitrogens with zero attached hydrogens (tertiary/aromatic N) is 4. The highest BCUT2D eigenvalue weighted by Gasteiger charge is 2.37. The first-order valence-electron chi connectivity index (χ1n) is 9.08. The van der Waals surface area contributed by atoms with E-state index in [-0.39, 0.29) is 39.2 Å². The Hall–Kier alpha value is -3.19. The molecule has 1 aromatic carbocycles. The zero-order valence-electron chi connectivity index (χ0n) is 16.8. The fourth-order valence-corrected chi connectivity index (χ4v) is 3.33. The molecule has 0 atom stereocenters. The molecule has 9 nitrogen and oxygen atoms in total. The summed E-state index contributed by atoms with van der Waals surface area (Å²) >= 11 is 12.1. The number of pyridine rings is 1. The standard InChI is InChI=1S/C19H16Cl2F3N7O2/c1-30(26)18(33)11-6-10(20)5-9(8-25)15(11)28-17(32)13-7-14(19(22,23)24)29-31(13)16-12(21)3-2-4-27-16/h2-7H,8,25-26H2,1H3,(H,28,32). The fourth-order valence-electron chi connectivity index (χ4n) is 2.88. The molecule has 0 unspecified atom stereocenters. The summed E-state index contributed by atoms with van der Waals surface area (Å²) in [5, 5.41) is 6.73. The summed E-state index contributed by atoms with van der Waals surface area (Å²) in [6.07, 6.45) is -3.58. The summed E-state index contributed by atoms with van der Waals surface area (Å²) in [4.78, 5) is 29.6. The van der Waals surface area contributed by atoms with Crippen LogP contribution in [0.5, 0.6) is 0 Å². The number of carbonyl (C=O) groups is 2. The molecule has 2 heterocycles. The van der Waals surface area contributed by atoms with Crippen molar-refractivity contribution >= 4 is 40.7 Å². The van der Waals surface area contributed by atoms with Gasteiger partial charge in [-0.1, -0.05) is 23.2 Å². The van der Waals surface area contributed by atoms with Gasteiger partial charge in [0.25, 0.3) is 11.8 Å². The van der Waals surface area contributed by atoms with Gasteiger partial charge in [-0.25, -0.2) is 15.5 Å². The van der Waals surface area contributed by atoms with Crippen molar-refractivity contribution in [2.45, 2.75) is 12.7 Å². The number of carbonyl (C=O) groups excluding carboxylic acids is 2. The van der Waals surface area contributed by atoms with Crippen molar-refractivity contribution in [3.8, 4) is 5.82 Å². The second kappa shape index (κ2) is 9.35. The van der Waals surface area contributed by atoms with Crippen LogP contribution < -0.4 is 16.9 Å². The van der Waals surface area contributed by atoms with Gasteiger partial charge in [-0.05, 0) is 29.8 Å². The van der Waals surface area contributed by atoms with Crippen molar-refractivity contribution in [3.05, 3.63) is 69.1 Å². The Kier molecular flexibility index (Phi) is 6.93. The maximum atomic E-state index is 13.4. The maximum Gasteiger partial charge on any atom is 0.435 e. The molecule has 0 aliphatic rings. The number of nitrogens with two attached hydrogens (primary N) is 2. The number of anilines is 1. The number of rotatable bonds is 5. The highest BCUT2D eigenvalue weighted by atomic mass is 35.5. The first-order chi connectivity index (χ1) is 15.4. The van der Waals surface area contributed by atoms with Crippen molar-refractivity contribution < 1.29 is 22.8 Å². The van der Waals surface area contributed by atoms with E-state index in [1.165, 1.54) is 37.5 Å². The number of hydrogen-bond donors (Lipinski definition) is 3. The number of hydrogen-bond acceptors (Lipinski definition) is 6. The third kappa shape index (κ3) is 5.09. The van der Waals surface area contributed by atoms with Crippen LogP contribution in [0.15, 0.2) is 36.5 Å². The molecule has 0 aliphatic heterocycles. The molecule has 0 spiro atoms. The zero-order chi connectivity index (χ0) is 24.5. The quantitative estimate of drug-likeness (QED) is 0.279. The molecular formula is C19H16Cl2F3N7O2. The number of hydrazine groups is 1. The predicted molar refractivity (Wildman–Crippen MR) is 115 cm³/mol. The van der Waals surface area contributed by atoms with E-state index in [1.807, 2.05) is 0 Å². The molecule has 0 fully saturated rings. The van der Waals surface area contributed by atoms with E-state index in [9.17, 15) is 22.8 Å². The normalized spacial score (nSPS) is 11.4. The highest BCUT2D eigenvalue weighted by molar-refractivity contribution is 6.32.